The molecule has 1 fully saturated rings. The molecule has 0 heterocycles. The number of amides is 1. The van der Waals surface area contributed by atoms with Crippen molar-refractivity contribution in [1.29, 1.82) is 0 Å². The third-order valence-corrected chi connectivity index (χ3v) is 6.12. The standard InChI is InChI=1S/C15H19NO2Se/c1-16(2)15(18)13-10-12(8-9-14(13)17)19-11-6-4-3-5-7-11/h3-7,12-13H,8-10H2,1-2H3. The first kappa shape index (κ1) is 14.3. The summed E-state index contributed by atoms with van der Waals surface area (Å²) in [7, 11) is 3.45. The maximum atomic E-state index is 12.0. The van der Waals surface area contributed by atoms with Crippen LogP contribution in [0, 0.1) is 5.92 Å². The molecule has 4 heteroatoms. The molecular formula is C15H19NO2Se. The van der Waals surface area contributed by atoms with Crippen LogP contribution in [0.25, 0.3) is 0 Å². The van der Waals surface area contributed by atoms with Gasteiger partial charge < -0.3 is 0 Å². The van der Waals surface area contributed by atoms with Gasteiger partial charge in [-0.25, -0.2) is 0 Å². The van der Waals surface area contributed by atoms with Crippen LogP contribution in [0.4, 0.5) is 0 Å². The monoisotopic (exact) mass is 325 g/mol. The van der Waals surface area contributed by atoms with Gasteiger partial charge in [0.25, 0.3) is 0 Å². The van der Waals surface area contributed by atoms with Crippen molar-refractivity contribution in [1.82, 2.24) is 4.90 Å². The Kier molecular flexibility index (Phi) is 4.78. The third kappa shape index (κ3) is 3.68. The van der Waals surface area contributed by atoms with Crippen molar-refractivity contribution in [2.75, 3.05) is 14.1 Å². The zero-order valence-corrected chi connectivity index (χ0v) is 13.0. The number of benzene rings is 1. The summed E-state index contributed by atoms with van der Waals surface area (Å²) in [4.78, 5) is 26.0. The molecule has 0 spiro atoms. The summed E-state index contributed by atoms with van der Waals surface area (Å²) in [6.45, 7) is 0. The van der Waals surface area contributed by atoms with Crippen LogP contribution >= 0.6 is 0 Å². The van der Waals surface area contributed by atoms with E-state index in [1.165, 1.54) is 4.46 Å². The van der Waals surface area contributed by atoms with E-state index in [4.69, 9.17) is 0 Å². The number of hydrogen-bond acceptors (Lipinski definition) is 2. The van der Waals surface area contributed by atoms with Crippen LogP contribution in [0.1, 0.15) is 19.3 Å². The van der Waals surface area contributed by atoms with E-state index in [0.29, 0.717) is 26.2 Å². The number of carbonyl (C=O) groups excluding carboxylic acids is 2. The van der Waals surface area contributed by atoms with Crippen LogP contribution < -0.4 is 4.46 Å². The summed E-state index contributed by atoms with van der Waals surface area (Å²) in [5.74, 6) is -0.309. The molecule has 2 atom stereocenters. The van der Waals surface area contributed by atoms with E-state index in [-0.39, 0.29) is 11.7 Å². The Morgan fingerprint density at radius 3 is 2.58 bits per heavy atom. The second-order valence-electron chi connectivity index (χ2n) is 5.08. The number of Topliss-reactive ketones (excluding diaryl/α,β-unsaturated/α-hetero) is 1. The van der Waals surface area contributed by atoms with Crippen LogP contribution in [0.15, 0.2) is 30.3 Å². The number of rotatable bonds is 3. The van der Waals surface area contributed by atoms with E-state index >= 15 is 0 Å². The van der Waals surface area contributed by atoms with Gasteiger partial charge in [0.15, 0.2) is 0 Å². The summed E-state index contributed by atoms with van der Waals surface area (Å²) < 4.78 is 1.35. The number of carbonyl (C=O) groups is 2. The molecule has 0 radical (unpaired) electrons. The Bertz CT molecular complexity index is 458. The second kappa shape index (κ2) is 6.36. The van der Waals surface area contributed by atoms with E-state index in [2.05, 4.69) is 12.1 Å². The molecule has 0 aromatic heterocycles. The van der Waals surface area contributed by atoms with E-state index in [1.54, 1.807) is 19.0 Å². The van der Waals surface area contributed by atoms with Crippen LogP contribution in [-0.4, -0.2) is 45.6 Å². The zero-order valence-electron chi connectivity index (χ0n) is 11.3. The van der Waals surface area contributed by atoms with E-state index in [1.807, 2.05) is 18.2 Å². The Balaban J connectivity index is 2.01. The predicted octanol–water partition coefficient (Wildman–Crippen LogP) is 1.26. The van der Waals surface area contributed by atoms with Gasteiger partial charge >= 0.3 is 120 Å². The summed E-state index contributed by atoms with van der Waals surface area (Å²) in [6.07, 6.45) is 2.22. The fraction of sp³-hybridized carbons (Fsp3) is 0.467. The fourth-order valence-electron chi connectivity index (χ4n) is 2.34. The summed E-state index contributed by atoms with van der Waals surface area (Å²) >= 11 is 0.354. The van der Waals surface area contributed by atoms with Crippen molar-refractivity contribution in [2.45, 2.75) is 24.1 Å². The van der Waals surface area contributed by atoms with Crippen LogP contribution in [0.5, 0.6) is 0 Å². The van der Waals surface area contributed by atoms with Gasteiger partial charge in [0.2, 0.25) is 0 Å². The molecule has 1 aromatic rings. The molecule has 1 amide bonds. The molecule has 102 valence electrons. The fourth-order valence-corrected chi connectivity index (χ4v) is 4.91. The zero-order chi connectivity index (χ0) is 13.8. The van der Waals surface area contributed by atoms with E-state index < -0.39 is 5.92 Å². The normalized spacial score (nSPS) is 23.2. The minimum absolute atomic E-state index is 0.0291. The first-order valence-electron chi connectivity index (χ1n) is 6.53. The average Bonchev–Trinajstić information content (AvgIpc) is 2.41. The van der Waals surface area contributed by atoms with Gasteiger partial charge in [0, 0.05) is 0 Å². The van der Waals surface area contributed by atoms with E-state index in [9.17, 15) is 9.59 Å². The van der Waals surface area contributed by atoms with Crippen molar-refractivity contribution in [3.63, 3.8) is 0 Å². The molecule has 2 unspecified atom stereocenters. The molecule has 1 aliphatic carbocycles. The van der Waals surface area contributed by atoms with Crippen molar-refractivity contribution >= 4 is 31.1 Å². The van der Waals surface area contributed by atoms with Crippen molar-refractivity contribution < 1.29 is 9.59 Å². The molecule has 3 nitrogen and oxygen atoms in total. The second-order valence-corrected chi connectivity index (χ2v) is 7.96. The maximum absolute atomic E-state index is 12.0. The predicted molar refractivity (Wildman–Crippen MR) is 76.6 cm³/mol. The average molecular weight is 324 g/mol. The van der Waals surface area contributed by atoms with E-state index in [0.717, 1.165) is 12.8 Å². The Labute approximate surface area is 120 Å². The molecule has 1 aromatic carbocycles. The molecule has 19 heavy (non-hydrogen) atoms. The molecule has 0 saturated heterocycles. The SMILES string of the molecule is CN(C)C(=O)C1CC([Se]c2ccccc2)CCC1=O. The number of nitrogens with zero attached hydrogens (tertiary/aromatic N) is 1. The topological polar surface area (TPSA) is 37.4 Å². The molecule has 0 aliphatic heterocycles. The molecule has 0 N–H and O–H groups in total. The summed E-state index contributed by atoms with van der Waals surface area (Å²) in [5.41, 5.74) is 0. The number of hydrogen-bond donors (Lipinski definition) is 0. The van der Waals surface area contributed by atoms with Gasteiger partial charge in [0.05, 0.1) is 0 Å². The number of ketones is 1. The van der Waals surface area contributed by atoms with Gasteiger partial charge in [-0.3, -0.25) is 0 Å². The molecule has 1 saturated carbocycles. The Morgan fingerprint density at radius 1 is 1.26 bits per heavy atom. The third-order valence-electron chi connectivity index (χ3n) is 3.38. The van der Waals surface area contributed by atoms with Gasteiger partial charge in [-0.1, -0.05) is 0 Å². The first-order valence-corrected chi connectivity index (χ1v) is 8.38. The van der Waals surface area contributed by atoms with Gasteiger partial charge in [-0.2, -0.15) is 0 Å². The molecule has 0 bridgehead atoms. The molecule has 2 rings (SSSR count). The van der Waals surface area contributed by atoms with Crippen molar-refractivity contribution in [3.05, 3.63) is 30.3 Å². The van der Waals surface area contributed by atoms with Gasteiger partial charge in [-0.15, -0.1) is 0 Å². The minimum atomic E-state index is -0.403. The van der Waals surface area contributed by atoms with Crippen molar-refractivity contribution in [3.8, 4) is 0 Å². The van der Waals surface area contributed by atoms with Crippen LogP contribution in [0.3, 0.4) is 0 Å². The summed E-state index contributed by atoms with van der Waals surface area (Å²) in [5, 5.41) is 0. The quantitative estimate of drug-likeness (QED) is 0.620. The van der Waals surface area contributed by atoms with Crippen LogP contribution in [-0.2, 0) is 9.59 Å². The summed E-state index contributed by atoms with van der Waals surface area (Å²) in [6, 6.07) is 10.4. The Morgan fingerprint density at radius 2 is 1.95 bits per heavy atom. The van der Waals surface area contributed by atoms with Crippen molar-refractivity contribution in [2.24, 2.45) is 5.92 Å². The van der Waals surface area contributed by atoms with Crippen LogP contribution in [0.2, 0.25) is 4.82 Å². The van der Waals surface area contributed by atoms with Gasteiger partial charge in [-0.05, 0) is 0 Å². The molecular weight excluding hydrogens is 305 g/mol. The molecule has 1 aliphatic rings. The van der Waals surface area contributed by atoms with Gasteiger partial charge in [0.1, 0.15) is 0 Å². The Hall–Kier alpha value is -1.12. The first-order chi connectivity index (χ1) is 9.08.